The number of sulfonamides is 1. The number of primary sulfonamides is 1. The molecule has 100 valence electrons. The zero-order valence-electron chi connectivity index (χ0n) is 9.65. The fourth-order valence-corrected chi connectivity index (χ4v) is 1.89. The van der Waals surface area contributed by atoms with Gasteiger partial charge in [-0.2, -0.15) is 0 Å². The van der Waals surface area contributed by atoms with Crippen molar-refractivity contribution in [3.8, 4) is 0 Å². The Balaban J connectivity index is 3.13. The first kappa shape index (κ1) is 14.6. The van der Waals surface area contributed by atoms with Crippen molar-refractivity contribution in [1.29, 1.82) is 0 Å². The van der Waals surface area contributed by atoms with Crippen molar-refractivity contribution in [3.63, 3.8) is 0 Å². The lowest BCUT2D eigenvalue weighted by molar-refractivity contribution is -0.126. The number of benzene rings is 1. The van der Waals surface area contributed by atoms with Crippen molar-refractivity contribution in [3.05, 3.63) is 24.3 Å². The normalized spacial score (nSPS) is 11.6. The smallest absolute Gasteiger partial charge is 0.241 e. The average Bonchev–Trinajstić information content (AvgIpc) is 2.28. The molecule has 0 unspecified atom stereocenters. The Kier molecular flexibility index (Phi) is 4.41. The standard InChI is InChI=1S/C10H14N2O5S/c1-2-9(13)12(10(14)15)7-3-5-8(6-4-7)18(11,16)17/h3-6,10,14-15H,2H2,1H3,(H2,11,16,17). The summed E-state index contributed by atoms with van der Waals surface area (Å²) in [6.45, 7) is 1.57. The quantitative estimate of drug-likeness (QED) is 0.630. The van der Waals surface area contributed by atoms with Crippen LogP contribution in [0, 0.1) is 0 Å². The largest absolute Gasteiger partial charge is 0.351 e. The Labute approximate surface area is 105 Å². The first-order valence-electron chi connectivity index (χ1n) is 5.08. The lowest BCUT2D eigenvalue weighted by atomic mass is 10.2. The van der Waals surface area contributed by atoms with Gasteiger partial charge in [-0.25, -0.2) is 13.6 Å². The number of nitrogens with two attached hydrogens (primary N) is 1. The maximum atomic E-state index is 11.5. The van der Waals surface area contributed by atoms with Crippen molar-refractivity contribution >= 4 is 21.6 Å². The van der Waals surface area contributed by atoms with E-state index < -0.39 is 22.3 Å². The summed E-state index contributed by atoms with van der Waals surface area (Å²) in [5.41, 5.74) is 0.171. The van der Waals surface area contributed by atoms with Gasteiger partial charge in [-0.3, -0.25) is 9.69 Å². The molecule has 0 aliphatic heterocycles. The summed E-state index contributed by atoms with van der Waals surface area (Å²) >= 11 is 0. The molecule has 8 heteroatoms. The van der Waals surface area contributed by atoms with E-state index in [0.29, 0.717) is 0 Å². The Bertz CT molecular complexity index is 524. The van der Waals surface area contributed by atoms with Gasteiger partial charge in [0, 0.05) is 12.1 Å². The minimum atomic E-state index is -3.82. The van der Waals surface area contributed by atoms with Gasteiger partial charge in [0.05, 0.1) is 4.90 Å². The average molecular weight is 274 g/mol. The first-order valence-corrected chi connectivity index (χ1v) is 6.63. The molecule has 0 saturated carbocycles. The van der Waals surface area contributed by atoms with E-state index in [1.807, 2.05) is 0 Å². The van der Waals surface area contributed by atoms with Gasteiger partial charge in [-0.15, -0.1) is 0 Å². The summed E-state index contributed by atoms with van der Waals surface area (Å²) in [6, 6.07) is 4.91. The molecule has 0 aromatic heterocycles. The first-order chi connectivity index (χ1) is 8.27. The summed E-state index contributed by atoms with van der Waals surface area (Å²) in [4.78, 5) is 12.1. The number of carbonyl (C=O) groups is 1. The topological polar surface area (TPSA) is 121 Å². The molecule has 1 aromatic carbocycles. The molecule has 1 amide bonds. The number of hydrogen-bond donors (Lipinski definition) is 3. The number of nitrogens with zero attached hydrogens (tertiary/aromatic N) is 1. The van der Waals surface area contributed by atoms with Gasteiger partial charge < -0.3 is 10.2 Å². The van der Waals surface area contributed by atoms with Crippen LogP contribution >= 0.6 is 0 Å². The summed E-state index contributed by atoms with van der Waals surface area (Å²) in [5, 5.41) is 23.1. The fourth-order valence-electron chi connectivity index (χ4n) is 1.37. The zero-order valence-corrected chi connectivity index (χ0v) is 10.5. The lowest BCUT2D eigenvalue weighted by Gasteiger charge is -2.23. The van der Waals surface area contributed by atoms with Crippen molar-refractivity contribution in [2.75, 3.05) is 4.90 Å². The summed E-state index contributed by atoms with van der Waals surface area (Å²) in [5.74, 6) is -0.506. The second-order valence-electron chi connectivity index (χ2n) is 3.50. The molecular formula is C10H14N2O5S. The molecule has 0 fully saturated rings. The van der Waals surface area contributed by atoms with Crippen molar-refractivity contribution in [1.82, 2.24) is 0 Å². The van der Waals surface area contributed by atoms with Crippen LogP contribution < -0.4 is 10.0 Å². The van der Waals surface area contributed by atoms with Gasteiger partial charge in [-0.1, -0.05) is 6.92 Å². The van der Waals surface area contributed by atoms with Gasteiger partial charge in [0.1, 0.15) is 0 Å². The molecule has 0 aliphatic rings. The Morgan fingerprint density at radius 2 is 1.83 bits per heavy atom. The number of anilines is 1. The van der Waals surface area contributed by atoms with Gasteiger partial charge in [-0.05, 0) is 24.3 Å². The van der Waals surface area contributed by atoms with Crippen LogP contribution in [0.2, 0.25) is 0 Å². The van der Waals surface area contributed by atoms with E-state index in [9.17, 15) is 13.2 Å². The van der Waals surface area contributed by atoms with Gasteiger partial charge in [0.2, 0.25) is 22.3 Å². The molecule has 18 heavy (non-hydrogen) atoms. The molecule has 0 aliphatic carbocycles. The van der Waals surface area contributed by atoms with Crippen LogP contribution in [0.25, 0.3) is 0 Å². The van der Waals surface area contributed by atoms with Gasteiger partial charge in [0.15, 0.2) is 0 Å². The minimum Gasteiger partial charge on any atom is -0.351 e. The van der Waals surface area contributed by atoms with Crippen LogP contribution in [0.5, 0.6) is 0 Å². The SMILES string of the molecule is CCC(=O)N(c1ccc(S(N)(=O)=O)cc1)C(O)O. The number of hydrogen-bond acceptors (Lipinski definition) is 5. The minimum absolute atomic E-state index is 0.0779. The Morgan fingerprint density at radius 1 is 1.33 bits per heavy atom. The molecule has 0 spiro atoms. The van der Waals surface area contributed by atoms with Crippen LogP contribution in [0.3, 0.4) is 0 Å². The van der Waals surface area contributed by atoms with Crippen LogP contribution in [-0.4, -0.2) is 31.0 Å². The highest BCUT2D eigenvalue weighted by atomic mass is 32.2. The number of amides is 1. The molecule has 1 rings (SSSR count). The molecule has 1 aromatic rings. The molecule has 4 N–H and O–H groups in total. The Hall–Kier alpha value is -1.48. The second kappa shape index (κ2) is 5.44. The highest BCUT2D eigenvalue weighted by molar-refractivity contribution is 7.89. The Morgan fingerprint density at radius 3 is 2.17 bits per heavy atom. The third-order valence-electron chi connectivity index (χ3n) is 2.25. The summed E-state index contributed by atoms with van der Waals surface area (Å²) in [7, 11) is -3.82. The highest BCUT2D eigenvalue weighted by Crippen LogP contribution is 2.19. The monoisotopic (exact) mass is 274 g/mol. The van der Waals surface area contributed by atoms with E-state index in [-0.39, 0.29) is 17.0 Å². The van der Waals surface area contributed by atoms with E-state index in [2.05, 4.69) is 0 Å². The van der Waals surface area contributed by atoms with Crippen molar-refractivity contribution in [2.24, 2.45) is 5.14 Å². The van der Waals surface area contributed by atoms with E-state index in [4.69, 9.17) is 15.4 Å². The predicted octanol–water partition coefficient (Wildman–Crippen LogP) is -0.655. The fraction of sp³-hybridized carbons (Fsp3) is 0.300. The molecule has 0 heterocycles. The molecule has 0 atom stereocenters. The summed E-state index contributed by atoms with van der Waals surface area (Å²) < 4.78 is 22.1. The maximum absolute atomic E-state index is 11.5. The molecule has 0 radical (unpaired) electrons. The molecular weight excluding hydrogens is 260 g/mol. The van der Waals surface area contributed by atoms with Crippen molar-refractivity contribution in [2.45, 2.75) is 24.7 Å². The second-order valence-corrected chi connectivity index (χ2v) is 5.06. The van der Waals surface area contributed by atoms with E-state index in [0.717, 1.165) is 4.90 Å². The number of aliphatic hydroxyl groups is 2. The third kappa shape index (κ3) is 3.26. The molecule has 0 saturated heterocycles. The highest BCUT2D eigenvalue weighted by Gasteiger charge is 2.20. The predicted molar refractivity (Wildman–Crippen MR) is 63.8 cm³/mol. The van der Waals surface area contributed by atoms with E-state index >= 15 is 0 Å². The van der Waals surface area contributed by atoms with E-state index in [1.54, 1.807) is 6.92 Å². The maximum Gasteiger partial charge on any atom is 0.241 e. The van der Waals surface area contributed by atoms with Crippen LogP contribution in [-0.2, 0) is 14.8 Å². The van der Waals surface area contributed by atoms with Crippen molar-refractivity contribution < 1.29 is 23.4 Å². The molecule has 7 nitrogen and oxygen atoms in total. The number of rotatable bonds is 4. The van der Waals surface area contributed by atoms with Gasteiger partial charge >= 0.3 is 0 Å². The van der Waals surface area contributed by atoms with Crippen LogP contribution in [0.4, 0.5) is 5.69 Å². The third-order valence-corrected chi connectivity index (χ3v) is 3.17. The number of carbonyl (C=O) groups excluding carboxylic acids is 1. The summed E-state index contributed by atoms with van der Waals surface area (Å²) in [6.07, 6.45) is -1.91. The van der Waals surface area contributed by atoms with Gasteiger partial charge in [0.25, 0.3) is 0 Å². The molecule has 0 bridgehead atoms. The van der Waals surface area contributed by atoms with Crippen LogP contribution in [0.15, 0.2) is 29.2 Å². The van der Waals surface area contributed by atoms with Crippen LogP contribution in [0.1, 0.15) is 13.3 Å². The van der Waals surface area contributed by atoms with E-state index in [1.165, 1.54) is 24.3 Å². The lowest BCUT2D eigenvalue weighted by Crippen LogP contribution is -2.39. The number of aliphatic hydroxyl groups excluding tert-OH is 1. The zero-order chi connectivity index (χ0) is 13.9.